The highest BCUT2D eigenvalue weighted by molar-refractivity contribution is 8.00. The Kier molecular flexibility index (Phi) is 4.47. The van der Waals surface area contributed by atoms with Crippen molar-refractivity contribution < 1.29 is 14.3 Å². The third-order valence-electron chi connectivity index (χ3n) is 3.18. The Bertz CT molecular complexity index is 471. The molecule has 0 aliphatic carbocycles. The first kappa shape index (κ1) is 14.3. The monoisotopic (exact) mass is 283 g/mol. The molecule has 0 spiro atoms. The minimum absolute atomic E-state index is 0.142. The maximum atomic E-state index is 13.8. The maximum absolute atomic E-state index is 13.8. The lowest BCUT2D eigenvalue weighted by molar-refractivity contribution is 0.0696. The Balaban J connectivity index is 2.13. The van der Waals surface area contributed by atoms with E-state index in [1.54, 1.807) is 0 Å². The van der Waals surface area contributed by atoms with Gasteiger partial charge >= 0.3 is 5.97 Å². The van der Waals surface area contributed by atoms with Crippen molar-refractivity contribution in [2.24, 2.45) is 0 Å². The summed E-state index contributed by atoms with van der Waals surface area (Å²) in [4.78, 5) is 13.1. The summed E-state index contributed by atoms with van der Waals surface area (Å²) < 4.78 is 13.8. The fraction of sp³-hybridized carbons (Fsp3) is 0.500. The molecule has 0 saturated carbocycles. The molecule has 1 heterocycles. The molecular formula is C14H18FNO2S. The van der Waals surface area contributed by atoms with Crippen LogP contribution in [0.25, 0.3) is 0 Å². The van der Waals surface area contributed by atoms with Crippen molar-refractivity contribution in [3.05, 3.63) is 35.1 Å². The summed E-state index contributed by atoms with van der Waals surface area (Å²) in [5.41, 5.74) is 0.607. The van der Waals surface area contributed by atoms with Gasteiger partial charge in [-0.05, 0) is 18.2 Å². The van der Waals surface area contributed by atoms with Crippen LogP contribution in [0, 0.1) is 5.82 Å². The molecule has 2 unspecified atom stereocenters. The van der Waals surface area contributed by atoms with Gasteiger partial charge < -0.3 is 5.11 Å². The lowest BCUT2D eigenvalue weighted by Crippen LogP contribution is -2.39. The van der Waals surface area contributed by atoms with Crippen molar-refractivity contribution in [3.8, 4) is 0 Å². The predicted octanol–water partition coefficient (Wildman–Crippen LogP) is 2.85. The van der Waals surface area contributed by atoms with Crippen LogP contribution >= 0.6 is 11.8 Å². The highest BCUT2D eigenvalue weighted by Gasteiger charge is 2.23. The molecule has 1 aliphatic rings. The van der Waals surface area contributed by atoms with E-state index >= 15 is 0 Å². The minimum Gasteiger partial charge on any atom is -0.478 e. The Morgan fingerprint density at radius 3 is 2.63 bits per heavy atom. The molecule has 2 atom stereocenters. The molecule has 104 valence electrons. The summed E-state index contributed by atoms with van der Waals surface area (Å²) in [6.45, 7) is 6.62. The zero-order valence-corrected chi connectivity index (χ0v) is 11.9. The number of carbonyl (C=O) groups is 1. The number of carboxylic acids is 1. The van der Waals surface area contributed by atoms with Gasteiger partial charge in [-0.1, -0.05) is 13.8 Å². The van der Waals surface area contributed by atoms with Crippen molar-refractivity contribution in [2.75, 3.05) is 13.1 Å². The van der Waals surface area contributed by atoms with Crippen molar-refractivity contribution in [1.29, 1.82) is 0 Å². The zero-order valence-electron chi connectivity index (χ0n) is 11.1. The SMILES string of the molecule is CC1CN(Cc2cc(C(=O)O)ccc2F)CC(C)S1. The summed E-state index contributed by atoms with van der Waals surface area (Å²) in [7, 11) is 0. The van der Waals surface area contributed by atoms with E-state index in [1.807, 2.05) is 11.8 Å². The van der Waals surface area contributed by atoms with E-state index < -0.39 is 5.97 Å². The molecule has 5 heteroatoms. The lowest BCUT2D eigenvalue weighted by Gasteiger charge is -2.34. The highest BCUT2D eigenvalue weighted by Crippen LogP contribution is 2.26. The first-order valence-corrected chi connectivity index (χ1v) is 7.29. The number of rotatable bonds is 3. The Morgan fingerprint density at radius 1 is 1.42 bits per heavy atom. The van der Waals surface area contributed by atoms with E-state index in [0.717, 1.165) is 13.1 Å². The molecular weight excluding hydrogens is 265 g/mol. The van der Waals surface area contributed by atoms with Gasteiger partial charge in [-0.3, -0.25) is 4.90 Å². The molecule has 0 radical (unpaired) electrons. The minimum atomic E-state index is -1.02. The van der Waals surface area contributed by atoms with Crippen molar-refractivity contribution in [2.45, 2.75) is 30.9 Å². The summed E-state index contributed by atoms with van der Waals surface area (Å²) in [5, 5.41) is 10.00. The molecule has 1 aromatic rings. The normalized spacial score (nSPS) is 24.4. The molecule has 19 heavy (non-hydrogen) atoms. The Morgan fingerprint density at radius 2 is 2.05 bits per heavy atom. The second-order valence-corrected chi connectivity index (χ2v) is 6.94. The van der Waals surface area contributed by atoms with Gasteiger partial charge in [0.15, 0.2) is 0 Å². The van der Waals surface area contributed by atoms with Crippen molar-refractivity contribution >= 4 is 17.7 Å². The average molecular weight is 283 g/mol. The van der Waals surface area contributed by atoms with Gasteiger partial charge in [0.25, 0.3) is 0 Å². The fourth-order valence-corrected chi connectivity index (χ4v) is 3.87. The number of thioether (sulfide) groups is 1. The summed E-state index contributed by atoms with van der Waals surface area (Å²) in [5.74, 6) is -1.35. The maximum Gasteiger partial charge on any atom is 0.335 e. The van der Waals surface area contributed by atoms with Crippen LogP contribution in [0.15, 0.2) is 18.2 Å². The molecule has 2 rings (SSSR count). The van der Waals surface area contributed by atoms with Crippen LogP contribution in [0.2, 0.25) is 0 Å². The number of benzene rings is 1. The van der Waals surface area contributed by atoms with Gasteiger partial charge in [0.2, 0.25) is 0 Å². The number of hydrogen-bond donors (Lipinski definition) is 1. The molecule has 1 saturated heterocycles. The molecule has 1 fully saturated rings. The van der Waals surface area contributed by atoms with E-state index in [2.05, 4.69) is 18.7 Å². The molecule has 0 aromatic heterocycles. The lowest BCUT2D eigenvalue weighted by atomic mass is 10.1. The fourth-order valence-electron chi connectivity index (χ4n) is 2.48. The number of aromatic carboxylic acids is 1. The predicted molar refractivity (Wildman–Crippen MR) is 75.2 cm³/mol. The highest BCUT2D eigenvalue weighted by atomic mass is 32.2. The number of nitrogens with zero attached hydrogens (tertiary/aromatic N) is 1. The van der Waals surface area contributed by atoms with E-state index in [9.17, 15) is 9.18 Å². The molecule has 1 aliphatic heterocycles. The molecule has 1 aromatic carbocycles. The van der Waals surface area contributed by atoms with Crippen LogP contribution < -0.4 is 0 Å². The van der Waals surface area contributed by atoms with Crippen LogP contribution in [0.4, 0.5) is 4.39 Å². The molecule has 1 N–H and O–H groups in total. The van der Waals surface area contributed by atoms with E-state index in [1.165, 1.54) is 18.2 Å². The van der Waals surface area contributed by atoms with Crippen LogP contribution in [-0.4, -0.2) is 39.6 Å². The van der Waals surface area contributed by atoms with Gasteiger partial charge in [-0.25, -0.2) is 9.18 Å². The first-order valence-electron chi connectivity index (χ1n) is 6.35. The first-order chi connectivity index (χ1) is 8.95. The second-order valence-electron chi connectivity index (χ2n) is 5.06. The smallest absolute Gasteiger partial charge is 0.335 e. The number of carboxylic acid groups (broad SMARTS) is 1. The van der Waals surface area contributed by atoms with Gasteiger partial charge in [-0.2, -0.15) is 11.8 Å². The molecule has 0 bridgehead atoms. The van der Waals surface area contributed by atoms with E-state index in [0.29, 0.717) is 22.6 Å². The quantitative estimate of drug-likeness (QED) is 0.926. The van der Waals surface area contributed by atoms with Gasteiger partial charge in [0.05, 0.1) is 5.56 Å². The molecule has 3 nitrogen and oxygen atoms in total. The Labute approximate surface area is 116 Å². The van der Waals surface area contributed by atoms with E-state index in [-0.39, 0.29) is 11.4 Å². The average Bonchev–Trinajstić information content (AvgIpc) is 2.30. The third-order valence-corrected chi connectivity index (χ3v) is 4.41. The zero-order chi connectivity index (χ0) is 14.0. The van der Waals surface area contributed by atoms with Crippen molar-refractivity contribution in [1.82, 2.24) is 4.90 Å². The van der Waals surface area contributed by atoms with Crippen LogP contribution in [0.5, 0.6) is 0 Å². The standard InChI is InChI=1S/C14H18FNO2S/c1-9-6-16(7-10(2)19-9)8-12-5-11(14(17)18)3-4-13(12)15/h3-5,9-10H,6-8H2,1-2H3,(H,17,18). The van der Waals surface area contributed by atoms with Gasteiger partial charge in [0, 0.05) is 35.7 Å². The molecule has 0 amide bonds. The van der Waals surface area contributed by atoms with E-state index in [4.69, 9.17) is 5.11 Å². The van der Waals surface area contributed by atoms with Crippen LogP contribution in [0.3, 0.4) is 0 Å². The number of hydrogen-bond acceptors (Lipinski definition) is 3. The number of halogens is 1. The topological polar surface area (TPSA) is 40.5 Å². The van der Waals surface area contributed by atoms with Crippen LogP contribution in [-0.2, 0) is 6.54 Å². The largest absolute Gasteiger partial charge is 0.478 e. The van der Waals surface area contributed by atoms with Gasteiger partial charge in [-0.15, -0.1) is 0 Å². The summed E-state index contributed by atoms with van der Waals surface area (Å²) >= 11 is 1.94. The summed E-state index contributed by atoms with van der Waals surface area (Å²) in [6.07, 6.45) is 0. The third kappa shape index (κ3) is 3.70. The second kappa shape index (κ2) is 5.92. The van der Waals surface area contributed by atoms with Crippen molar-refractivity contribution in [3.63, 3.8) is 0 Å². The van der Waals surface area contributed by atoms with Crippen LogP contribution in [0.1, 0.15) is 29.8 Å². The van der Waals surface area contributed by atoms with Gasteiger partial charge in [0.1, 0.15) is 5.82 Å². The summed E-state index contributed by atoms with van der Waals surface area (Å²) in [6, 6.07) is 3.98. The Hall–Kier alpha value is -1.07.